The summed E-state index contributed by atoms with van der Waals surface area (Å²) in [6, 6.07) is 16.9. The van der Waals surface area contributed by atoms with E-state index in [0.717, 1.165) is 10.6 Å². The van der Waals surface area contributed by atoms with Crippen molar-refractivity contribution < 1.29 is 13.9 Å². The van der Waals surface area contributed by atoms with Crippen molar-refractivity contribution in [2.24, 2.45) is 0 Å². The van der Waals surface area contributed by atoms with E-state index in [4.69, 9.17) is 4.74 Å². The fraction of sp³-hybridized carbons (Fsp3) is 0.0952. The molecule has 1 amide bonds. The zero-order valence-electron chi connectivity index (χ0n) is 15.5. The first-order valence-electron chi connectivity index (χ1n) is 8.95. The van der Waals surface area contributed by atoms with Gasteiger partial charge in [-0.2, -0.15) is 4.98 Å². The quantitative estimate of drug-likeness (QED) is 0.498. The highest BCUT2D eigenvalue weighted by atomic mass is 32.1. The Labute approximate surface area is 170 Å². The van der Waals surface area contributed by atoms with Crippen LogP contribution in [0.4, 0.5) is 10.1 Å². The number of nitrogens with zero attached hydrogens (tertiary/aromatic N) is 3. The van der Waals surface area contributed by atoms with Crippen molar-refractivity contribution in [2.75, 3.05) is 11.9 Å². The first kappa shape index (κ1) is 18.8. The maximum Gasteiger partial charge on any atom is 0.336 e. The highest BCUT2D eigenvalue weighted by molar-refractivity contribution is 7.13. The summed E-state index contributed by atoms with van der Waals surface area (Å²) < 4.78 is 20.5. The van der Waals surface area contributed by atoms with Gasteiger partial charge < -0.3 is 10.1 Å². The summed E-state index contributed by atoms with van der Waals surface area (Å²) in [5.41, 5.74) is 1.62. The van der Waals surface area contributed by atoms with Gasteiger partial charge in [0.05, 0.1) is 17.2 Å². The molecule has 0 saturated carbocycles. The first-order chi connectivity index (χ1) is 14.1. The number of carbonyl (C=O) groups excluding carboxylic acids is 1. The average Bonchev–Trinajstić information content (AvgIpc) is 3.39. The highest BCUT2D eigenvalue weighted by Crippen LogP contribution is 2.27. The lowest BCUT2D eigenvalue weighted by atomic mass is 10.2. The van der Waals surface area contributed by atoms with Gasteiger partial charge in [0.15, 0.2) is 5.82 Å². The van der Waals surface area contributed by atoms with E-state index in [1.807, 2.05) is 36.6 Å². The number of amides is 1. The lowest BCUT2D eigenvalue weighted by Gasteiger charge is -2.08. The topological polar surface area (TPSA) is 69.0 Å². The van der Waals surface area contributed by atoms with Crippen LogP contribution in [0.2, 0.25) is 0 Å². The zero-order valence-corrected chi connectivity index (χ0v) is 16.3. The van der Waals surface area contributed by atoms with Crippen LogP contribution >= 0.6 is 11.3 Å². The van der Waals surface area contributed by atoms with E-state index in [0.29, 0.717) is 24.1 Å². The van der Waals surface area contributed by atoms with Crippen LogP contribution in [0.5, 0.6) is 6.01 Å². The molecule has 8 heteroatoms. The summed E-state index contributed by atoms with van der Waals surface area (Å²) in [6.45, 7) is 2.35. The predicted octanol–water partition coefficient (Wildman–Crippen LogP) is 4.79. The van der Waals surface area contributed by atoms with Gasteiger partial charge in [-0.15, -0.1) is 16.4 Å². The van der Waals surface area contributed by atoms with Crippen LogP contribution in [-0.4, -0.2) is 27.3 Å². The standard InChI is InChI=1S/C21H17FN4O2S/c1-2-28-21-24-19(18-7-4-12-29-18)26(25-21)17-10-8-16(9-11-17)23-20(27)14-5-3-6-15(22)13-14/h3-13H,2H2,1H3,(H,23,27). The Bertz CT molecular complexity index is 1120. The molecule has 0 saturated heterocycles. The number of halogens is 1. The fourth-order valence-corrected chi connectivity index (χ4v) is 3.45. The molecular formula is C21H17FN4O2S. The number of hydrogen-bond acceptors (Lipinski definition) is 5. The van der Waals surface area contributed by atoms with E-state index in [9.17, 15) is 9.18 Å². The number of thiophene rings is 1. The molecule has 1 N–H and O–H groups in total. The van der Waals surface area contributed by atoms with Crippen molar-refractivity contribution >= 4 is 22.9 Å². The van der Waals surface area contributed by atoms with E-state index in [1.54, 1.807) is 34.2 Å². The zero-order chi connectivity index (χ0) is 20.2. The second-order valence-corrected chi connectivity index (χ2v) is 7.00. The predicted molar refractivity (Wildman–Crippen MR) is 110 cm³/mol. The van der Waals surface area contributed by atoms with Gasteiger partial charge in [-0.05, 0) is 60.8 Å². The molecule has 146 valence electrons. The Morgan fingerprint density at radius 1 is 1.17 bits per heavy atom. The molecule has 6 nitrogen and oxygen atoms in total. The number of carbonyl (C=O) groups is 1. The lowest BCUT2D eigenvalue weighted by molar-refractivity contribution is 0.102. The van der Waals surface area contributed by atoms with Crippen molar-refractivity contribution in [3.05, 3.63) is 77.4 Å². The number of benzene rings is 2. The molecular weight excluding hydrogens is 391 g/mol. The third kappa shape index (κ3) is 4.17. The SMILES string of the molecule is CCOc1nc(-c2cccs2)n(-c2ccc(NC(=O)c3cccc(F)c3)cc2)n1. The maximum absolute atomic E-state index is 13.3. The molecule has 2 aromatic carbocycles. The van der Waals surface area contributed by atoms with Gasteiger partial charge in [-0.25, -0.2) is 9.07 Å². The number of nitrogens with one attached hydrogen (secondary N) is 1. The van der Waals surface area contributed by atoms with Gasteiger partial charge in [0.1, 0.15) is 5.82 Å². The maximum atomic E-state index is 13.3. The van der Waals surface area contributed by atoms with Crippen LogP contribution in [0, 0.1) is 5.82 Å². The first-order valence-corrected chi connectivity index (χ1v) is 9.83. The van der Waals surface area contributed by atoms with Crippen molar-refractivity contribution in [1.29, 1.82) is 0 Å². The van der Waals surface area contributed by atoms with Crippen LogP contribution < -0.4 is 10.1 Å². The Hall–Kier alpha value is -3.52. The molecule has 29 heavy (non-hydrogen) atoms. The van der Waals surface area contributed by atoms with Crippen molar-refractivity contribution in [3.8, 4) is 22.4 Å². The molecule has 0 fully saturated rings. The number of aromatic nitrogens is 3. The summed E-state index contributed by atoms with van der Waals surface area (Å²) in [4.78, 5) is 17.7. The summed E-state index contributed by atoms with van der Waals surface area (Å²) in [5.74, 6) is -0.152. The number of anilines is 1. The Balaban J connectivity index is 1.59. The third-order valence-corrected chi connectivity index (χ3v) is 4.93. The number of rotatable bonds is 6. The Morgan fingerprint density at radius 2 is 2.00 bits per heavy atom. The molecule has 0 bridgehead atoms. The minimum Gasteiger partial charge on any atom is -0.463 e. The van der Waals surface area contributed by atoms with E-state index >= 15 is 0 Å². The molecule has 4 aromatic rings. The molecule has 2 aromatic heterocycles. The minimum atomic E-state index is -0.453. The second-order valence-electron chi connectivity index (χ2n) is 6.05. The number of ether oxygens (including phenoxy) is 1. The van der Waals surface area contributed by atoms with Crippen LogP contribution in [0.1, 0.15) is 17.3 Å². The van der Waals surface area contributed by atoms with Crippen LogP contribution in [0.3, 0.4) is 0 Å². The smallest absolute Gasteiger partial charge is 0.336 e. The monoisotopic (exact) mass is 408 g/mol. The van der Waals surface area contributed by atoms with Crippen molar-refractivity contribution in [3.63, 3.8) is 0 Å². The van der Waals surface area contributed by atoms with Crippen molar-refractivity contribution in [1.82, 2.24) is 14.8 Å². The van der Waals surface area contributed by atoms with Crippen molar-refractivity contribution in [2.45, 2.75) is 6.92 Å². The minimum absolute atomic E-state index is 0.256. The van der Waals surface area contributed by atoms with E-state index in [2.05, 4.69) is 15.4 Å². The average molecular weight is 408 g/mol. The molecule has 0 radical (unpaired) electrons. The summed E-state index contributed by atoms with van der Waals surface area (Å²) in [7, 11) is 0. The largest absolute Gasteiger partial charge is 0.463 e. The fourth-order valence-electron chi connectivity index (χ4n) is 2.75. The van der Waals surface area contributed by atoms with E-state index < -0.39 is 5.82 Å². The highest BCUT2D eigenvalue weighted by Gasteiger charge is 2.15. The Morgan fingerprint density at radius 3 is 2.69 bits per heavy atom. The summed E-state index contributed by atoms with van der Waals surface area (Å²) in [5, 5.41) is 9.17. The molecule has 0 aliphatic rings. The van der Waals surface area contributed by atoms with Crippen LogP contribution in [-0.2, 0) is 0 Å². The molecule has 0 aliphatic carbocycles. The van der Waals surface area contributed by atoms with E-state index in [1.165, 1.54) is 18.2 Å². The van der Waals surface area contributed by atoms with Gasteiger partial charge in [-0.3, -0.25) is 4.79 Å². The summed E-state index contributed by atoms with van der Waals surface area (Å²) in [6.07, 6.45) is 0. The van der Waals surface area contributed by atoms with Crippen LogP contribution in [0.25, 0.3) is 16.4 Å². The molecule has 0 aliphatic heterocycles. The van der Waals surface area contributed by atoms with Gasteiger partial charge in [0, 0.05) is 11.3 Å². The van der Waals surface area contributed by atoms with Crippen LogP contribution in [0.15, 0.2) is 66.0 Å². The molecule has 4 rings (SSSR count). The number of hydrogen-bond donors (Lipinski definition) is 1. The summed E-state index contributed by atoms with van der Waals surface area (Å²) >= 11 is 1.56. The normalized spacial score (nSPS) is 10.7. The lowest BCUT2D eigenvalue weighted by Crippen LogP contribution is -2.12. The van der Waals surface area contributed by atoms with Gasteiger partial charge in [-0.1, -0.05) is 12.1 Å². The third-order valence-electron chi connectivity index (χ3n) is 4.06. The second kappa shape index (κ2) is 8.24. The molecule has 0 spiro atoms. The molecule has 0 atom stereocenters. The van der Waals surface area contributed by atoms with Gasteiger partial charge in [0.2, 0.25) is 0 Å². The van der Waals surface area contributed by atoms with E-state index in [-0.39, 0.29) is 11.5 Å². The molecule has 2 heterocycles. The van der Waals surface area contributed by atoms with Gasteiger partial charge in [0.25, 0.3) is 5.91 Å². The Kier molecular flexibility index (Phi) is 5.35. The van der Waals surface area contributed by atoms with Gasteiger partial charge >= 0.3 is 6.01 Å². The molecule has 0 unspecified atom stereocenters.